The van der Waals surface area contributed by atoms with Crippen LogP contribution in [0.2, 0.25) is 0 Å². The third kappa shape index (κ3) is 2.39. The van der Waals surface area contributed by atoms with Crippen LogP contribution in [0.25, 0.3) is 10.9 Å². The second-order valence-corrected chi connectivity index (χ2v) is 5.47. The van der Waals surface area contributed by atoms with E-state index in [2.05, 4.69) is 15.9 Å². The van der Waals surface area contributed by atoms with Gasteiger partial charge in [-0.05, 0) is 30.3 Å². The van der Waals surface area contributed by atoms with Crippen molar-refractivity contribution in [2.75, 3.05) is 0 Å². The maximum Gasteiger partial charge on any atom is 0.182 e. The van der Waals surface area contributed by atoms with Gasteiger partial charge in [-0.3, -0.25) is 4.79 Å². The lowest BCUT2D eigenvalue weighted by molar-refractivity contribution is 0.0973. The first-order valence-electron chi connectivity index (χ1n) is 6.17. The molecule has 0 spiro atoms. The summed E-state index contributed by atoms with van der Waals surface area (Å²) in [5.74, 6) is -0.274. The summed E-state index contributed by atoms with van der Waals surface area (Å²) in [6.45, 7) is 0.198. The van der Waals surface area contributed by atoms with Crippen LogP contribution >= 0.6 is 15.9 Å². The Kier molecular flexibility index (Phi) is 3.40. The van der Waals surface area contributed by atoms with Crippen LogP contribution in [0.15, 0.2) is 59.2 Å². The van der Waals surface area contributed by atoms with Gasteiger partial charge in [0.05, 0.1) is 12.1 Å². The molecule has 3 aromatic rings. The fourth-order valence-electron chi connectivity index (χ4n) is 2.23. The summed E-state index contributed by atoms with van der Waals surface area (Å²) < 4.78 is 16.2. The Balaban J connectivity index is 1.94. The molecule has 0 fully saturated rings. The van der Waals surface area contributed by atoms with E-state index >= 15 is 0 Å². The monoisotopic (exact) mass is 331 g/mol. The quantitative estimate of drug-likeness (QED) is 0.651. The average molecular weight is 332 g/mol. The minimum atomic E-state index is -0.267. The molecule has 3 rings (SSSR count). The van der Waals surface area contributed by atoms with Crippen LogP contribution in [0.5, 0.6) is 0 Å². The first kappa shape index (κ1) is 13.1. The van der Waals surface area contributed by atoms with Gasteiger partial charge in [0, 0.05) is 21.6 Å². The largest absolute Gasteiger partial charge is 0.340 e. The predicted octanol–water partition coefficient (Wildman–Crippen LogP) is 4.43. The molecule has 0 aliphatic carbocycles. The van der Waals surface area contributed by atoms with Crippen molar-refractivity contribution in [1.29, 1.82) is 0 Å². The lowest BCUT2D eigenvalue weighted by Crippen LogP contribution is -2.09. The van der Waals surface area contributed by atoms with Crippen molar-refractivity contribution in [3.05, 3.63) is 70.6 Å². The Hall–Kier alpha value is -1.94. The summed E-state index contributed by atoms with van der Waals surface area (Å²) in [6, 6.07) is 13.8. The molecule has 0 aliphatic heterocycles. The second-order valence-electron chi connectivity index (χ2n) is 4.55. The molecule has 100 valence electrons. The lowest BCUT2D eigenvalue weighted by Gasteiger charge is -2.05. The highest BCUT2D eigenvalue weighted by Crippen LogP contribution is 2.20. The van der Waals surface area contributed by atoms with E-state index in [0.29, 0.717) is 10.9 Å². The van der Waals surface area contributed by atoms with Gasteiger partial charge >= 0.3 is 0 Å². The minimum Gasteiger partial charge on any atom is -0.340 e. The van der Waals surface area contributed by atoms with Gasteiger partial charge in [-0.1, -0.05) is 34.1 Å². The van der Waals surface area contributed by atoms with Gasteiger partial charge in [-0.2, -0.15) is 0 Å². The maximum absolute atomic E-state index is 13.6. The lowest BCUT2D eigenvalue weighted by atomic mass is 10.1. The number of fused-ring (bicyclic) bond motifs is 1. The Bertz CT molecular complexity index is 794. The van der Waals surface area contributed by atoms with Gasteiger partial charge in [0.25, 0.3) is 0 Å². The van der Waals surface area contributed by atoms with E-state index in [1.807, 2.05) is 18.2 Å². The van der Waals surface area contributed by atoms with Crippen LogP contribution in [0.3, 0.4) is 0 Å². The van der Waals surface area contributed by atoms with Gasteiger partial charge in [-0.25, -0.2) is 4.39 Å². The minimum absolute atomic E-state index is 0.00642. The van der Waals surface area contributed by atoms with Crippen molar-refractivity contribution < 1.29 is 9.18 Å². The summed E-state index contributed by atoms with van der Waals surface area (Å²) in [7, 11) is 0. The number of aromatic nitrogens is 1. The molecule has 0 amide bonds. The zero-order valence-electron chi connectivity index (χ0n) is 10.5. The van der Waals surface area contributed by atoms with Crippen molar-refractivity contribution in [3.8, 4) is 0 Å². The normalized spacial score (nSPS) is 10.9. The standard InChI is InChI=1S/C16H11BrFNO/c17-12-4-1-3-11(9-12)16(20)10-19-8-7-13-14(18)5-2-6-15(13)19/h1-9H,10H2. The topological polar surface area (TPSA) is 22.0 Å². The highest BCUT2D eigenvalue weighted by atomic mass is 79.9. The molecular weight excluding hydrogens is 321 g/mol. The molecule has 0 saturated carbocycles. The molecule has 2 nitrogen and oxygen atoms in total. The number of nitrogens with zero attached hydrogens (tertiary/aromatic N) is 1. The van der Waals surface area contributed by atoms with Crippen LogP contribution in [0, 0.1) is 5.82 Å². The second kappa shape index (κ2) is 5.21. The molecule has 0 radical (unpaired) electrons. The van der Waals surface area contributed by atoms with E-state index in [1.165, 1.54) is 6.07 Å². The smallest absolute Gasteiger partial charge is 0.182 e. The van der Waals surface area contributed by atoms with Crippen LogP contribution in [-0.4, -0.2) is 10.4 Å². The molecule has 0 atom stereocenters. The number of Topliss-reactive ketones (excluding diaryl/α,β-unsaturated/α-hetero) is 1. The van der Waals surface area contributed by atoms with Crippen molar-refractivity contribution in [3.63, 3.8) is 0 Å². The fourth-order valence-corrected chi connectivity index (χ4v) is 2.63. The summed E-state index contributed by atoms with van der Waals surface area (Å²) in [4.78, 5) is 12.3. The molecule has 0 bridgehead atoms. The van der Waals surface area contributed by atoms with Crippen LogP contribution in [-0.2, 0) is 6.54 Å². The highest BCUT2D eigenvalue weighted by molar-refractivity contribution is 9.10. The molecule has 20 heavy (non-hydrogen) atoms. The van der Waals surface area contributed by atoms with Gasteiger partial charge in [-0.15, -0.1) is 0 Å². The van der Waals surface area contributed by atoms with Gasteiger partial charge in [0.1, 0.15) is 5.82 Å². The zero-order valence-corrected chi connectivity index (χ0v) is 12.1. The van der Waals surface area contributed by atoms with E-state index in [1.54, 1.807) is 35.0 Å². The number of carbonyl (C=O) groups is 1. The van der Waals surface area contributed by atoms with Gasteiger partial charge in [0.2, 0.25) is 0 Å². The first-order valence-corrected chi connectivity index (χ1v) is 6.96. The summed E-state index contributed by atoms with van der Waals surface area (Å²) >= 11 is 3.35. The summed E-state index contributed by atoms with van der Waals surface area (Å²) in [5.41, 5.74) is 1.37. The molecule has 1 aromatic heterocycles. The maximum atomic E-state index is 13.6. The van der Waals surface area contributed by atoms with Gasteiger partial charge in [0.15, 0.2) is 5.78 Å². The van der Waals surface area contributed by atoms with Crippen LogP contribution in [0.1, 0.15) is 10.4 Å². The van der Waals surface area contributed by atoms with E-state index in [4.69, 9.17) is 0 Å². The first-order chi connectivity index (χ1) is 9.65. The Labute approximate surface area is 124 Å². The molecule has 0 saturated heterocycles. The number of hydrogen-bond donors (Lipinski definition) is 0. The Morgan fingerprint density at radius 2 is 1.95 bits per heavy atom. The number of carbonyl (C=O) groups excluding carboxylic acids is 1. The molecule has 4 heteroatoms. The number of benzene rings is 2. The molecule has 0 aliphatic rings. The van der Waals surface area contributed by atoms with Crippen LogP contribution in [0.4, 0.5) is 4.39 Å². The van der Waals surface area contributed by atoms with Gasteiger partial charge < -0.3 is 4.57 Å². The summed E-state index contributed by atoms with van der Waals surface area (Å²) in [5, 5.41) is 0.537. The molecule has 0 N–H and O–H groups in total. The van der Waals surface area contributed by atoms with Crippen molar-refractivity contribution in [1.82, 2.24) is 4.57 Å². The number of halogens is 2. The number of rotatable bonds is 3. The van der Waals surface area contributed by atoms with Crippen molar-refractivity contribution in [2.24, 2.45) is 0 Å². The fraction of sp³-hybridized carbons (Fsp3) is 0.0625. The Morgan fingerprint density at radius 1 is 1.15 bits per heavy atom. The van der Waals surface area contributed by atoms with E-state index in [9.17, 15) is 9.18 Å². The molecular formula is C16H11BrFNO. The van der Waals surface area contributed by atoms with E-state index in [-0.39, 0.29) is 18.1 Å². The predicted molar refractivity (Wildman–Crippen MR) is 80.4 cm³/mol. The molecule has 2 aromatic carbocycles. The highest BCUT2D eigenvalue weighted by Gasteiger charge is 2.10. The number of hydrogen-bond acceptors (Lipinski definition) is 1. The van der Waals surface area contributed by atoms with Crippen molar-refractivity contribution in [2.45, 2.75) is 6.54 Å². The molecule has 0 unspecified atom stereocenters. The summed E-state index contributed by atoms with van der Waals surface area (Å²) in [6.07, 6.45) is 1.74. The Morgan fingerprint density at radius 3 is 2.75 bits per heavy atom. The average Bonchev–Trinajstić information content (AvgIpc) is 2.83. The molecule has 1 heterocycles. The third-order valence-corrected chi connectivity index (χ3v) is 3.71. The van der Waals surface area contributed by atoms with E-state index in [0.717, 1.165) is 9.99 Å². The number of ketones is 1. The zero-order chi connectivity index (χ0) is 14.1. The van der Waals surface area contributed by atoms with Crippen molar-refractivity contribution >= 4 is 32.6 Å². The van der Waals surface area contributed by atoms with Crippen LogP contribution < -0.4 is 0 Å². The SMILES string of the molecule is O=C(Cn1ccc2c(F)cccc21)c1cccc(Br)c1. The van der Waals surface area contributed by atoms with E-state index < -0.39 is 0 Å². The third-order valence-electron chi connectivity index (χ3n) is 3.22.